The van der Waals surface area contributed by atoms with Crippen LogP contribution in [-0.2, 0) is 4.79 Å². The maximum absolute atomic E-state index is 11.6. The minimum atomic E-state index is 0.194. The summed E-state index contributed by atoms with van der Waals surface area (Å²) in [5.74, 6) is 0.648. The summed E-state index contributed by atoms with van der Waals surface area (Å²) in [6.45, 7) is 5.86. The van der Waals surface area contributed by atoms with Crippen LogP contribution in [-0.4, -0.2) is 19.0 Å². The second-order valence-electron chi connectivity index (χ2n) is 5.36. The Bertz CT molecular complexity index is 218. The van der Waals surface area contributed by atoms with E-state index < -0.39 is 0 Å². The molecule has 1 aliphatic rings. The van der Waals surface area contributed by atoms with E-state index in [4.69, 9.17) is 5.73 Å². The van der Waals surface area contributed by atoms with Crippen LogP contribution in [0, 0.1) is 11.3 Å². The van der Waals surface area contributed by atoms with Gasteiger partial charge in [-0.2, -0.15) is 0 Å². The van der Waals surface area contributed by atoms with E-state index in [-0.39, 0.29) is 5.91 Å². The van der Waals surface area contributed by atoms with Gasteiger partial charge in [-0.25, -0.2) is 0 Å². The number of nitrogens with one attached hydrogen (secondary N) is 1. The number of amides is 1. The van der Waals surface area contributed by atoms with Crippen LogP contribution in [0.1, 0.15) is 52.4 Å². The molecule has 0 radical (unpaired) electrons. The first-order chi connectivity index (χ1) is 7.62. The van der Waals surface area contributed by atoms with Crippen molar-refractivity contribution in [2.24, 2.45) is 17.1 Å². The molecule has 1 rings (SSSR count). The van der Waals surface area contributed by atoms with Crippen molar-refractivity contribution >= 4 is 5.91 Å². The third-order valence-electron chi connectivity index (χ3n) is 4.09. The van der Waals surface area contributed by atoms with E-state index >= 15 is 0 Å². The second-order valence-corrected chi connectivity index (χ2v) is 5.36. The third kappa shape index (κ3) is 3.78. The summed E-state index contributed by atoms with van der Waals surface area (Å²) in [7, 11) is 0. The van der Waals surface area contributed by atoms with Crippen LogP contribution in [0.4, 0.5) is 0 Å². The average molecular weight is 226 g/mol. The molecule has 3 nitrogen and oxygen atoms in total. The Labute approximate surface area is 99.2 Å². The molecule has 1 atom stereocenters. The van der Waals surface area contributed by atoms with Gasteiger partial charge < -0.3 is 11.1 Å². The van der Waals surface area contributed by atoms with Crippen LogP contribution in [0.5, 0.6) is 0 Å². The maximum atomic E-state index is 11.6. The van der Waals surface area contributed by atoms with E-state index in [1.807, 2.05) is 0 Å². The lowest BCUT2D eigenvalue weighted by atomic mass is 9.67. The molecule has 1 fully saturated rings. The highest BCUT2D eigenvalue weighted by Gasteiger charge is 2.34. The fraction of sp³-hybridized carbons (Fsp3) is 0.923. The van der Waals surface area contributed by atoms with Crippen LogP contribution in [0.3, 0.4) is 0 Å². The molecule has 0 aromatic carbocycles. The SMILES string of the molecule is CCC1(CNC(=O)CCC(C)CN)CCC1. The maximum Gasteiger partial charge on any atom is 0.220 e. The van der Waals surface area contributed by atoms with Gasteiger partial charge in [0.2, 0.25) is 5.91 Å². The Morgan fingerprint density at radius 2 is 2.19 bits per heavy atom. The average Bonchev–Trinajstić information content (AvgIpc) is 2.25. The van der Waals surface area contributed by atoms with E-state index in [2.05, 4.69) is 19.2 Å². The van der Waals surface area contributed by atoms with Gasteiger partial charge in [-0.05, 0) is 43.6 Å². The summed E-state index contributed by atoms with van der Waals surface area (Å²) in [5, 5.41) is 3.08. The summed E-state index contributed by atoms with van der Waals surface area (Å²) >= 11 is 0. The molecule has 0 aromatic rings. The first-order valence-corrected chi connectivity index (χ1v) is 6.58. The summed E-state index contributed by atoms with van der Waals surface area (Å²) < 4.78 is 0. The Hall–Kier alpha value is -0.570. The number of carbonyl (C=O) groups is 1. The molecule has 1 amide bonds. The van der Waals surface area contributed by atoms with Gasteiger partial charge in [0.05, 0.1) is 0 Å². The number of hydrogen-bond donors (Lipinski definition) is 2. The van der Waals surface area contributed by atoms with E-state index in [1.165, 1.54) is 25.7 Å². The Morgan fingerprint density at radius 3 is 2.62 bits per heavy atom. The molecular weight excluding hydrogens is 200 g/mol. The Morgan fingerprint density at radius 1 is 1.50 bits per heavy atom. The smallest absolute Gasteiger partial charge is 0.220 e. The van der Waals surface area contributed by atoms with E-state index in [9.17, 15) is 4.79 Å². The predicted octanol–water partition coefficient (Wildman–Crippen LogP) is 2.06. The van der Waals surface area contributed by atoms with Crippen LogP contribution < -0.4 is 11.1 Å². The first-order valence-electron chi connectivity index (χ1n) is 6.58. The van der Waals surface area contributed by atoms with Gasteiger partial charge >= 0.3 is 0 Å². The van der Waals surface area contributed by atoms with Gasteiger partial charge in [0.15, 0.2) is 0 Å². The van der Waals surface area contributed by atoms with Crippen molar-refractivity contribution in [2.45, 2.75) is 52.4 Å². The van der Waals surface area contributed by atoms with E-state index in [0.29, 0.717) is 24.3 Å². The zero-order chi connectivity index (χ0) is 12.0. The molecule has 3 N–H and O–H groups in total. The van der Waals surface area contributed by atoms with E-state index in [0.717, 1.165) is 13.0 Å². The van der Waals surface area contributed by atoms with Gasteiger partial charge in [0.25, 0.3) is 0 Å². The number of nitrogens with two attached hydrogens (primary N) is 1. The monoisotopic (exact) mass is 226 g/mol. The predicted molar refractivity (Wildman–Crippen MR) is 67.0 cm³/mol. The van der Waals surface area contributed by atoms with Gasteiger partial charge in [-0.15, -0.1) is 0 Å². The normalized spacial score (nSPS) is 19.9. The summed E-state index contributed by atoms with van der Waals surface area (Å²) in [6, 6.07) is 0. The van der Waals surface area contributed by atoms with E-state index in [1.54, 1.807) is 0 Å². The Balaban J connectivity index is 2.14. The molecule has 0 aliphatic heterocycles. The van der Waals surface area contributed by atoms with Crippen molar-refractivity contribution in [3.63, 3.8) is 0 Å². The second kappa shape index (κ2) is 6.24. The molecule has 0 aromatic heterocycles. The molecule has 1 unspecified atom stereocenters. The minimum Gasteiger partial charge on any atom is -0.356 e. The molecule has 1 aliphatic carbocycles. The zero-order valence-electron chi connectivity index (χ0n) is 10.7. The molecule has 0 heterocycles. The molecule has 0 bridgehead atoms. The highest BCUT2D eigenvalue weighted by Crippen LogP contribution is 2.42. The van der Waals surface area contributed by atoms with Gasteiger partial charge in [-0.3, -0.25) is 4.79 Å². The van der Waals surface area contributed by atoms with Crippen molar-refractivity contribution in [1.82, 2.24) is 5.32 Å². The zero-order valence-corrected chi connectivity index (χ0v) is 10.7. The minimum absolute atomic E-state index is 0.194. The fourth-order valence-corrected chi connectivity index (χ4v) is 2.20. The van der Waals surface area contributed by atoms with Crippen molar-refractivity contribution < 1.29 is 4.79 Å². The van der Waals surface area contributed by atoms with Crippen molar-refractivity contribution in [3.05, 3.63) is 0 Å². The third-order valence-corrected chi connectivity index (χ3v) is 4.09. The highest BCUT2D eigenvalue weighted by atomic mass is 16.1. The summed E-state index contributed by atoms with van der Waals surface area (Å²) in [5.41, 5.74) is 5.95. The van der Waals surface area contributed by atoms with Gasteiger partial charge in [-0.1, -0.05) is 20.3 Å². The lowest BCUT2D eigenvalue weighted by molar-refractivity contribution is -0.122. The van der Waals surface area contributed by atoms with Crippen molar-refractivity contribution in [1.29, 1.82) is 0 Å². The molecule has 0 spiro atoms. The number of rotatable bonds is 7. The molecule has 3 heteroatoms. The Kier molecular flexibility index (Phi) is 5.26. The summed E-state index contributed by atoms with van der Waals surface area (Å²) in [4.78, 5) is 11.6. The molecule has 94 valence electrons. The van der Waals surface area contributed by atoms with Crippen molar-refractivity contribution in [2.75, 3.05) is 13.1 Å². The van der Waals surface area contributed by atoms with Crippen molar-refractivity contribution in [3.8, 4) is 0 Å². The summed E-state index contributed by atoms with van der Waals surface area (Å²) in [6.07, 6.45) is 6.60. The van der Waals surface area contributed by atoms with Crippen LogP contribution in [0.2, 0.25) is 0 Å². The highest BCUT2D eigenvalue weighted by molar-refractivity contribution is 5.75. The molecular formula is C13H26N2O. The van der Waals surface area contributed by atoms with Gasteiger partial charge in [0.1, 0.15) is 0 Å². The van der Waals surface area contributed by atoms with Crippen LogP contribution in [0.25, 0.3) is 0 Å². The standard InChI is InChI=1S/C13H26N2O/c1-3-13(7-4-8-13)10-15-12(16)6-5-11(2)9-14/h11H,3-10,14H2,1-2H3,(H,15,16). The largest absolute Gasteiger partial charge is 0.356 e. The number of hydrogen-bond acceptors (Lipinski definition) is 2. The van der Waals surface area contributed by atoms with Crippen LogP contribution >= 0.6 is 0 Å². The fourth-order valence-electron chi connectivity index (χ4n) is 2.20. The van der Waals surface area contributed by atoms with Crippen LogP contribution in [0.15, 0.2) is 0 Å². The lowest BCUT2D eigenvalue weighted by Crippen LogP contribution is -2.41. The lowest BCUT2D eigenvalue weighted by Gasteiger charge is -2.41. The first kappa shape index (κ1) is 13.5. The topological polar surface area (TPSA) is 55.1 Å². The molecule has 0 saturated heterocycles. The molecule has 16 heavy (non-hydrogen) atoms. The number of carbonyl (C=O) groups excluding carboxylic acids is 1. The molecule has 1 saturated carbocycles. The quantitative estimate of drug-likeness (QED) is 0.698. The van der Waals surface area contributed by atoms with Gasteiger partial charge in [0, 0.05) is 13.0 Å².